The third-order valence-corrected chi connectivity index (χ3v) is 8.88. The number of aryl methyl sites for hydroxylation is 2. The first-order valence-electron chi connectivity index (χ1n) is 15.9. The Kier molecular flexibility index (Phi) is 17.9. The van der Waals surface area contributed by atoms with Gasteiger partial charge in [-0.05, 0) is 91.4 Å². The van der Waals surface area contributed by atoms with Crippen molar-refractivity contribution in [3.8, 4) is 34.5 Å². The fourth-order valence-corrected chi connectivity index (χ4v) is 5.88. The first kappa shape index (κ1) is 42.3. The van der Waals surface area contributed by atoms with E-state index >= 15 is 0 Å². The Morgan fingerprint density at radius 1 is 0.612 bits per heavy atom. The number of rotatable bonds is 16. The van der Waals surface area contributed by atoms with Crippen LogP contribution in [0.1, 0.15) is 76.3 Å². The van der Waals surface area contributed by atoms with Gasteiger partial charge in [0.05, 0.1) is 9.79 Å². The van der Waals surface area contributed by atoms with Crippen LogP contribution in [0.3, 0.4) is 0 Å². The van der Waals surface area contributed by atoms with Crippen molar-refractivity contribution < 1.29 is 45.6 Å². The number of unbranched alkanes of at least 4 members (excludes halogenated alkanes) is 6. The van der Waals surface area contributed by atoms with Crippen molar-refractivity contribution in [1.29, 1.82) is 0 Å². The van der Waals surface area contributed by atoms with Crippen LogP contribution in [-0.2, 0) is 33.1 Å². The molecule has 0 heterocycles. The summed E-state index contributed by atoms with van der Waals surface area (Å²) in [6, 6.07) is 20.6. The van der Waals surface area contributed by atoms with E-state index < -0.39 is 20.2 Å². The van der Waals surface area contributed by atoms with Gasteiger partial charge >= 0.3 is 37.7 Å². The van der Waals surface area contributed by atoms with E-state index in [0.29, 0.717) is 11.5 Å². The third-order valence-electron chi connectivity index (χ3n) is 7.20. The predicted molar refractivity (Wildman–Crippen MR) is 186 cm³/mol. The van der Waals surface area contributed by atoms with Gasteiger partial charge in [0, 0.05) is 12.1 Å². The zero-order chi connectivity index (χ0) is 35.2. The van der Waals surface area contributed by atoms with E-state index in [0.717, 1.165) is 68.6 Å². The zero-order valence-corrected chi connectivity index (χ0v) is 31.7. The third kappa shape index (κ3) is 15.7. The monoisotopic (exact) mass is 738 g/mol. The number of ether oxygens (including phenoxy) is 2. The molecule has 10 nitrogen and oxygen atoms in total. The van der Waals surface area contributed by atoms with Crippen molar-refractivity contribution in [2.45, 2.75) is 87.8 Å². The molecule has 0 unspecified atom stereocenters. The predicted octanol–water partition coefficient (Wildman–Crippen LogP) is 7.75. The van der Waals surface area contributed by atoms with Crippen LogP contribution in [0.4, 0.5) is 0 Å². The van der Waals surface area contributed by atoms with Crippen LogP contribution >= 0.6 is 0 Å². The molecule has 0 radical (unpaired) electrons. The van der Waals surface area contributed by atoms with Crippen molar-refractivity contribution in [3.05, 3.63) is 96.1 Å². The van der Waals surface area contributed by atoms with Crippen LogP contribution in [0.2, 0.25) is 0 Å². The molecule has 0 aliphatic carbocycles. The van der Waals surface area contributed by atoms with Gasteiger partial charge in [0.15, 0.2) is 0 Å². The van der Waals surface area contributed by atoms with Crippen molar-refractivity contribution in [3.63, 3.8) is 0 Å². The van der Waals surface area contributed by atoms with Crippen molar-refractivity contribution in [2.24, 2.45) is 0 Å². The Morgan fingerprint density at radius 2 is 1.10 bits per heavy atom. The van der Waals surface area contributed by atoms with Crippen molar-refractivity contribution >= 4 is 58.0 Å². The normalized spacial score (nSPS) is 11.2. The summed E-state index contributed by atoms with van der Waals surface area (Å²) in [5.74, 6) is 1.18. The van der Waals surface area contributed by atoms with E-state index in [1.165, 1.54) is 61.4 Å². The molecule has 0 saturated carbocycles. The molecule has 2 N–H and O–H groups in total. The van der Waals surface area contributed by atoms with E-state index in [1.54, 1.807) is 24.3 Å². The molecule has 0 amide bonds. The molecule has 4 aromatic rings. The van der Waals surface area contributed by atoms with Gasteiger partial charge in [0.25, 0.3) is 10.1 Å². The number of hydrogen-bond donors (Lipinski definition) is 2. The minimum atomic E-state index is -4.54. The summed E-state index contributed by atoms with van der Waals surface area (Å²) < 4.78 is 75.8. The minimum Gasteiger partial charge on any atom is -0.872 e. The maximum Gasteiger partial charge on any atom is 2.00 e. The Hall–Kier alpha value is -2.84. The molecule has 0 aliphatic rings. The molecule has 0 fully saturated rings. The first-order valence-corrected chi connectivity index (χ1v) is 18.7. The molecule has 0 bridgehead atoms. The van der Waals surface area contributed by atoms with Gasteiger partial charge in [-0.3, -0.25) is 4.55 Å². The Balaban J connectivity index is 0.000000333. The largest absolute Gasteiger partial charge is 2.00 e. The van der Waals surface area contributed by atoms with Crippen molar-refractivity contribution in [1.82, 2.24) is 0 Å². The van der Waals surface area contributed by atoms with Crippen LogP contribution < -0.4 is 14.6 Å². The fourth-order valence-electron chi connectivity index (χ4n) is 4.86. The second-order valence-corrected chi connectivity index (χ2v) is 14.2. The number of phenols is 1. The number of aromatic hydroxyl groups is 1. The van der Waals surface area contributed by atoms with Gasteiger partial charge in [0.2, 0.25) is 0 Å². The summed E-state index contributed by atoms with van der Waals surface area (Å²) >= 11 is 0. The van der Waals surface area contributed by atoms with Crippen LogP contribution in [0.15, 0.2) is 94.7 Å². The molecule has 4 rings (SSSR count). The average molecular weight is 739 g/mol. The summed E-state index contributed by atoms with van der Waals surface area (Å²) in [5, 5.41) is 21.6. The maximum atomic E-state index is 11.8. The first-order chi connectivity index (χ1) is 22.8. The minimum absolute atomic E-state index is 0. The summed E-state index contributed by atoms with van der Waals surface area (Å²) in [6.45, 7) is 4.29. The van der Waals surface area contributed by atoms with Gasteiger partial charge in [-0.25, -0.2) is 8.42 Å². The molecule has 0 aromatic heterocycles. The average Bonchev–Trinajstić information content (AvgIpc) is 3.01. The molecule has 0 aliphatic heterocycles. The molecule has 13 heteroatoms. The van der Waals surface area contributed by atoms with Crippen LogP contribution in [0.25, 0.3) is 0 Å². The van der Waals surface area contributed by atoms with Gasteiger partial charge in [-0.15, -0.1) is 5.75 Å². The summed E-state index contributed by atoms with van der Waals surface area (Å²) in [7, 11) is -8.82. The van der Waals surface area contributed by atoms with E-state index in [4.69, 9.17) is 14.0 Å². The molecule has 260 valence electrons. The van der Waals surface area contributed by atoms with E-state index in [2.05, 4.69) is 13.8 Å². The number of hydrogen-bond acceptors (Lipinski definition) is 9. The second-order valence-electron chi connectivity index (χ2n) is 11.4. The Labute approximate surface area is 319 Å². The summed E-state index contributed by atoms with van der Waals surface area (Å²) in [5.41, 5.74) is 1.85. The van der Waals surface area contributed by atoms with Gasteiger partial charge in [0.1, 0.15) is 38.9 Å². The SMILES string of the molecule is CCCCCCc1cc(O)cc(Oc2cccc(S(=O)(=O)O)c2)c1.CCCCCCc1cc([O-])cc(Oc2cccc(S(=O)(=O)[O-])c2)c1.[Ca+2]. The Morgan fingerprint density at radius 3 is 1.61 bits per heavy atom. The quantitative estimate of drug-likeness (QED) is 0.0657. The van der Waals surface area contributed by atoms with Crippen molar-refractivity contribution in [2.75, 3.05) is 0 Å². The summed E-state index contributed by atoms with van der Waals surface area (Å²) in [4.78, 5) is -0.599. The molecule has 0 spiro atoms. The van der Waals surface area contributed by atoms with Crippen LogP contribution in [0, 0.1) is 0 Å². The Bertz CT molecular complexity index is 1710. The van der Waals surface area contributed by atoms with Crippen LogP contribution in [-0.4, -0.2) is 68.8 Å². The number of phenolic OH excluding ortho intramolecular Hbond substituents is 1. The molecule has 49 heavy (non-hydrogen) atoms. The summed E-state index contributed by atoms with van der Waals surface area (Å²) in [6.07, 6.45) is 10.6. The topological polar surface area (TPSA) is 173 Å². The molecule has 0 saturated heterocycles. The van der Waals surface area contributed by atoms with E-state index in [9.17, 15) is 31.6 Å². The van der Waals surface area contributed by atoms with Gasteiger partial charge in [-0.2, -0.15) is 8.42 Å². The maximum absolute atomic E-state index is 11.8. The van der Waals surface area contributed by atoms with Gasteiger partial charge < -0.3 is 24.2 Å². The van der Waals surface area contributed by atoms with Crippen LogP contribution in [0.5, 0.6) is 34.5 Å². The molecule has 4 aromatic carbocycles. The molecular formula is C36H42CaO10S2. The fraction of sp³-hybridized carbons (Fsp3) is 0.333. The van der Waals surface area contributed by atoms with Gasteiger partial charge in [-0.1, -0.05) is 70.6 Å². The van der Waals surface area contributed by atoms with E-state index in [1.807, 2.05) is 6.07 Å². The standard InChI is InChI=1S/2C18H22O5S.Ca/c2*1-2-3-4-5-7-14-10-15(19)12-17(11-14)23-16-8-6-9-18(13-16)24(20,21)22;/h2*6,8-13,19H,2-5,7H2,1H3,(H,20,21,22);/q;;+2/p-2. The second kappa shape index (κ2) is 20.7. The molecular weight excluding hydrogens is 697 g/mol. The molecule has 0 atom stereocenters. The van der Waals surface area contributed by atoms with E-state index in [-0.39, 0.29) is 70.5 Å². The zero-order valence-electron chi connectivity index (χ0n) is 27.8. The smallest absolute Gasteiger partial charge is 0.872 e. The number of benzene rings is 4.